The van der Waals surface area contributed by atoms with E-state index in [4.69, 9.17) is 5.73 Å². The minimum atomic E-state index is -0.114. The van der Waals surface area contributed by atoms with Crippen molar-refractivity contribution in [3.63, 3.8) is 0 Å². The number of rotatable bonds is 1. The number of nitrogens with zero attached hydrogens (tertiary/aromatic N) is 1. The molecule has 0 aromatic carbocycles. The van der Waals surface area contributed by atoms with E-state index in [1.165, 1.54) is 4.90 Å². The van der Waals surface area contributed by atoms with Crippen LogP contribution in [0.25, 0.3) is 0 Å². The molecule has 1 heterocycles. The van der Waals surface area contributed by atoms with Crippen LogP contribution in [0.15, 0.2) is 0 Å². The van der Waals surface area contributed by atoms with Crippen molar-refractivity contribution in [2.45, 2.75) is 37.8 Å². The van der Waals surface area contributed by atoms with Crippen molar-refractivity contribution >= 4 is 22.9 Å². The number of carbonyl (C=O) groups excluding carboxylic acids is 2. The third-order valence-electron chi connectivity index (χ3n) is 2.90. The van der Waals surface area contributed by atoms with Crippen LogP contribution in [0.5, 0.6) is 0 Å². The number of carbonyl (C=O) groups is 2. The Morgan fingerprint density at radius 2 is 2.00 bits per heavy atom. The lowest BCUT2D eigenvalue weighted by Gasteiger charge is -2.34. The Labute approximate surface area is 87.2 Å². The van der Waals surface area contributed by atoms with Crippen LogP contribution in [0.2, 0.25) is 0 Å². The van der Waals surface area contributed by atoms with Gasteiger partial charge in [0.1, 0.15) is 0 Å². The van der Waals surface area contributed by atoms with Crippen molar-refractivity contribution in [3.05, 3.63) is 0 Å². The summed E-state index contributed by atoms with van der Waals surface area (Å²) in [7, 11) is 0. The SMILES string of the molecule is N[C@@H]1CCCC[C@@H]1N1C(=O)CSC1=O. The highest BCUT2D eigenvalue weighted by molar-refractivity contribution is 8.14. The fourth-order valence-electron chi connectivity index (χ4n) is 2.15. The van der Waals surface area contributed by atoms with Gasteiger partial charge in [-0.25, -0.2) is 0 Å². The molecule has 0 radical (unpaired) electrons. The Morgan fingerprint density at radius 1 is 1.29 bits per heavy atom. The van der Waals surface area contributed by atoms with E-state index in [-0.39, 0.29) is 23.2 Å². The molecule has 2 N–H and O–H groups in total. The molecule has 78 valence electrons. The summed E-state index contributed by atoms with van der Waals surface area (Å²) in [6.07, 6.45) is 3.98. The first kappa shape index (κ1) is 9.98. The Kier molecular flexibility index (Phi) is 2.78. The topological polar surface area (TPSA) is 63.4 Å². The zero-order valence-corrected chi connectivity index (χ0v) is 8.76. The molecule has 0 bridgehead atoms. The Bertz CT molecular complexity index is 254. The molecule has 1 aliphatic heterocycles. The molecular formula is C9H14N2O2S. The summed E-state index contributed by atoms with van der Waals surface area (Å²) in [5.41, 5.74) is 5.93. The van der Waals surface area contributed by atoms with E-state index in [1.54, 1.807) is 0 Å². The number of hydrogen-bond donors (Lipinski definition) is 1. The highest BCUT2D eigenvalue weighted by Crippen LogP contribution is 2.28. The third-order valence-corrected chi connectivity index (χ3v) is 3.73. The summed E-state index contributed by atoms with van der Waals surface area (Å²) in [6.45, 7) is 0. The van der Waals surface area contributed by atoms with Crippen LogP contribution in [0.3, 0.4) is 0 Å². The van der Waals surface area contributed by atoms with Gasteiger partial charge < -0.3 is 5.73 Å². The first-order chi connectivity index (χ1) is 6.70. The van der Waals surface area contributed by atoms with Gasteiger partial charge in [0.05, 0.1) is 11.8 Å². The van der Waals surface area contributed by atoms with Gasteiger partial charge in [-0.15, -0.1) is 0 Å². The second kappa shape index (κ2) is 3.90. The highest BCUT2D eigenvalue weighted by Gasteiger charge is 2.39. The van der Waals surface area contributed by atoms with Crippen molar-refractivity contribution in [3.8, 4) is 0 Å². The van der Waals surface area contributed by atoms with Gasteiger partial charge in [0.25, 0.3) is 5.24 Å². The van der Waals surface area contributed by atoms with Gasteiger partial charge in [0.15, 0.2) is 0 Å². The minimum absolute atomic E-state index is 0.0182. The summed E-state index contributed by atoms with van der Waals surface area (Å²) in [4.78, 5) is 24.3. The van der Waals surface area contributed by atoms with Crippen molar-refractivity contribution < 1.29 is 9.59 Å². The molecule has 0 spiro atoms. The molecule has 4 nitrogen and oxygen atoms in total. The summed E-state index contributed by atoms with van der Waals surface area (Å²) in [5, 5.41) is -0.114. The molecule has 0 unspecified atom stereocenters. The number of nitrogens with two attached hydrogens (primary N) is 1. The first-order valence-corrected chi connectivity index (χ1v) is 5.93. The average molecular weight is 214 g/mol. The molecule has 5 heteroatoms. The molecule has 2 amide bonds. The van der Waals surface area contributed by atoms with E-state index in [0.29, 0.717) is 5.75 Å². The zero-order chi connectivity index (χ0) is 10.1. The zero-order valence-electron chi connectivity index (χ0n) is 7.94. The number of hydrogen-bond acceptors (Lipinski definition) is 4. The lowest BCUT2D eigenvalue weighted by atomic mass is 9.90. The smallest absolute Gasteiger partial charge is 0.289 e. The molecule has 1 aliphatic carbocycles. The second-order valence-corrected chi connectivity index (χ2v) is 4.76. The van der Waals surface area contributed by atoms with Crippen LogP contribution in [0, 0.1) is 0 Å². The van der Waals surface area contributed by atoms with Crippen LogP contribution in [-0.2, 0) is 4.79 Å². The van der Waals surface area contributed by atoms with Crippen molar-refractivity contribution in [2.24, 2.45) is 5.73 Å². The predicted octanol–water partition coefficient (Wildman–Crippen LogP) is 0.952. The van der Waals surface area contributed by atoms with Crippen LogP contribution in [0.1, 0.15) is 25.7 Å². The molecule has 2 atom stereocenters. The normalized spacial score (nSPS) is 33.9. The lowest BCUT2D eigenvalue weighted by Crippen LogP contribution is -2.51. The van der Waals surface area contributed by atoms with E-state index >= 15 is 0 Å². The predicted molar refractivity (Wildman–Crippen MR) is 54.9 cm³/mol. The van der Waals surface area contributed by atoms with Gasteiger partial charge in [-0.05, 0) is 12.8 Å². The number of thioether (sulfide) groups is 1. The van der Waals surface area contributed by atoms with Crippen molar-refractivity contribution in [2.75, 3.05) is 5.75 Å². The van der Waals surface area contributed by atoms with Crippen LogP contribution in [-0.4, -0.2) is 33.9 Å². The summed E-state index contributed by atoms with van der Waals surface area (Å²) >= 11 is 1.09. The number of amides is 2. The van der Waals surface area contributed by atoms with Crippen molar-refractivity contribution in [1.82, 2.24) is 4.90 Å². The van der Waals surface area contributed by atoms with Gasteiger partial charge >= 0.3 is 0 Å². The van der Waals surface area contributed by atoms with Gasteiger partial charge in [-0.2, -0.15) is 0 Å². The molecule has 0 aromatic heterocycles. The van der Waals surface area contributed by atoms with Crippen molar-refractivity contribution in [1.29, 1.82) is 0 Å². The van der Waals surface area contributed by atoms with E-state index in [0.717, 1.165) is 37.4 Å². The Balaban J connectivity index is 2.12. The largest absolute Gasteiger partial charge is 0.326 e. The average Bonchev–Trinajstić information content (AvgIpc) is 2.48. The standard InChI is InChI=1S/C9H14N2O2S/c10-6-3-1-2-4-7(6)11-8(12)5-14-9(11)13/h6-7H,1-5,10H2/t6-,7+/m1/s1. The Morgan fingerprint density at radius 3 is 2.57 bits per heavy atom. The van der Waals surface area contributed by atoms with Gasteiger partial charge in [0.2, 0.25) is 5.91 Å². The second-order valence-electron chi connectivity index (χ2n) is 3.83. The van der Waals surface area contributed by atoms with Gasteiger partial charge in [-0.3, -0.25) is 14.5 Å². The van der Waals surface area contributed by atoms with Gasteiger partial charge in [-0.1, -0.05) is 24.6 Å². The molecule has 2 rings (SSSR count). The van der Waals surface area contributed by atoms with Crippen LogP contribution < -0.4 is 5.73 Å². The molecule has 2 fully saturated rings. The van der Waals surface area contributed by atoms with E-state index in [1.807, 2.05) is 0 Å². The highest BCUT2D eigenvalue weighted by atomic mass is 32.2. The third kappa shape index (κ3) is 1.66. The molecule has 2 aliphatic rings. The quantitative estimate of drug-likeness (QED) is 0.706. The minimum Gasteiger partial charge on any atom is -0.326 e. The Hall–Kier alpha value is -0.550. The van der Waals surface area contributed by atoms with E-state index < -0.39 is 0 Å². The van der Waals surface area contributed by atoms with E-state index in [9.17, 15) is 9.59 Å². The summed E-state index contributed by atoms with van der Waals surface area (Å²) in [6, 6.07) is -0.0610. The number of imide groups is 1. The maximum Gasteiger partial charge on any atom is 0.289 e. The first-order valence-electron chi connectivity index (χ1n) is 4.94. The van der Waals surface area contributed by atoms with E-state index in [2.05, 4.69) is 0 Å². The molecule has 0 aromatic rings. The fourth-order valence-corrected chi connectivity index (χ4v) is 2.91. The lowest BCUT2D eigenvalue weighted by molar-refractivity contribution is -0.126. The maximum atomic E-state index is 11.5. The molecular weight excluding hydrogens is 200 g/mol. The van der Waals surface area contributed by atoms with Gasteiger partial charge in [0, 0.05) is 6.04 Å². The summed E-state index contributed by atoms with van der Waals surface area (Å²) < 4.78 is 0. The maximum absolute atomic E-state index is 11.5. The molecule has 14 heavy (non-hydrogen) atoms. The molecule has 1 saturated heterocycles. The summed E-state index contributed by atoms with van der Waals surface area (Å²) in [5.74, 6) is 0.226. The van der Waals surface area contributed by atoms with Crippen LogP contribution in [0.4, 0.5) is 4.79 Å². The fraction of sp³-hybridized carbons (Fsp3) is 0.778. The van der Waals surface area contributed by atoms with Crippen LogP contribution >= 0.6 is 11.8 Å². The molecule has 1 saturated carbocycles. The monoisotopic (exact) mass is 214 g/mol.